The van der Waals surface area contributed by atoms with Crippen LogP contribution in [0.2, 0.25) is 0 Å². The number of rotatable bonds is 1. The molecule has 0 bridgehead atoms. The summed E-state index contributed by atoms with van der Waals surface area (Å²) in [4.78, 5) is 12.9. The van der Waals surface area contributed by atoms with Crippen LogP contribution < -0.4 is 5.76 Å². The number of aromatic amines is 1. The molecule has 0 amide bonds. The summed E-state index contributed by atoms with van der Waals surface area (Å²) in [6, 6.07) is 1.73. The molecule has 0 atom stereocenters. The zero-order chi connectivity index (χ0) is 8.55. The highest BCUT2D eigenvalue weighted by Gasteiger charge is 2.05. The van der Waals surface area contributed by atoms with Crippen LogP contribution in [0.25, 0.3) is 11.5 Å². The Bertz CT molecular complexity index is 438. The molecule has 0 unspecified atom stereocenters. The van der Waals surface area contributed by atoms with Crippen LogP contribution in [0.1, 0.15) is 0 Å². The molecule has 6 heteroatoms. The highest BCUT2D eigenvalue weighted by molar-refractivity contribution is 5.45. The summed E-state index contributed by atoms with van der Waals surface area (Å²) in [7, 11) is 1.78. The third-order valence-electron chi connectivity index (χ3n) is 1.40. The van der Waals surface area contributed by atoms with Gasteiger partial charge in [0.25, 0.3) is 0 Å². The Balaban J connectivity index is 2.50. The maximum atomic E-state index is 10.6. The van der Waals surface area contributed by atoms with E-state index < -0.39 is 5.76 Å². The van der Waals surface area contributed by atoms with Crippen molar-refractivity contribution < 1.29 is 4.52 Å². The minimum absolute atomic E-state index is 0.348. The quantitative estimate of drug-likeness (QED) is 0.634. The summed E-state index contributed by atoms with van der Waals surface area (Å²) >= 11 is 0. The van der Waals surface area contributed by atoms with Crippen LogP contribution in [0, 0.1) is 0 Å². The number of aryl methyl sites for hydroxylation is 1. The van der Waals surface area contributed by atoms with E-state index in [1.807, 2.05) is 0 Å². The van der Waals surface area contributed by atoms with Gasteiger partial charge in [0.1, 0.15) is 5.69 Å². The minimum atomic E-state index is -0.573. The second kappa shape index (κ2) is 2.33. The number of hydrogen-bond acceptors (Lipinski definition) is 4. The molecule has 0 aliphatic carbocycles. The first kappa shape index (κ1) is 6.84. The molecular formula is C6H6N4O2. The van der Waals surface area contributed by atoms with Crippen LogP contribution in [-0.4, -0.2) is 19.9 Å². The lowest BCUT2D eigenvalue weighted by Gasteiger charge is -1.84. The summed E-state index contributed by atoms with van der Waals surface area (Å²) < 4.78 is 5.93. The summed E-state index contributed by atoms with van der Waals surface area (Å²) in [5, 5.41) is 7.50. The van der Waals surface area contributed by atoms with Crippen molar-refractivity contribution in [3.8, 4) is 11.5 Å². The molecular weight excluding hydrogens is 160 g/mol. The second-order valence-electron chi connectivity index (χ2n) is 2.32. The van der Waals surface area contributed by atoms with Gasteiger partial charge in [-0.2, -0.15) is 5.10 Å². The highest BCUT2D eigenvalue weighted by Crippen LogP contribution is 2.07. The number of H-pyrrole nitrogens is 1. The molecule has 1 N–H and O–H groups in total. The molecule has 0 saturated heterocycles. The predicted octanol–water partition coefficient (Wildman–Crippen LogP) is -0.237. The minimum Gasteiger partial charge on any atom is -0.296 e. The van der Waals surface area contributed by atoms with Crippen LogP contribution in [-0.2, 0) is 7.05 Å². The van der Waals surface area contributed by atoms with E-state index in [2.05, 4.69) is 19.8 Å². The molecule has 0 saturated carbocycles. The topological polar surface area (TPSA) is 76.7 Å². The molecule has 2 aromatic heterocycles. The van der Waals surface area contributed by atoms with Crippen molar-refractivity contribution in [1.82, 2.24) is 19.9 Å². The molecule has 12 heavy (non-hydrogen) atoms. The van der Waals surface area contributed by atoms with Gasteiger partial charge in [-0.1, -0.05) is 5.16 Å². The van der Waals surface area contributed by atoms with Gasteiger partial charge in [-0.05, 0) is 6.07 Å². The van der Waals surface area contributed by atoms with Crippen LogP contribution >= 0.6 is 0 Å². The van der Waals surface area contributed by atoms with Crippen molar-refractivity contribution in [2.45, 2.75) is 0 Å². The van der Waals surface area contributed by atoms with E-state index >= 15 is 0 Å². The van der Waals surface area contributed by atoms with Gasteiger partial charge in [0.2, 0.25) is 5.82 Å². The monoisotopic (exact) mass is 166 g/mol. The summed E-state index contributed by atoms with van der Waals surface area (Å²) in [5.41, 5.74) is 0.586. The van der Waals surface area contributed by atoms with E-state index in [-0.39, 0.29) is 0 Å². The zero-order valence-corrected chi connectivity index (χ0v) is 6.31. The smallest absolute Gasteiger partial charge is 0.296 e. The van der Waals surface area contributed by atoms with Crippen molar-refractivity contribution in [3.05, 3.63) is 22.8 Å². The van der Waals surface area contributed by atoms with E-state index in [0.29, 0.717) is 11.5 Å². The Hall–Kier alpha value is -1.85. The van der Waals surface area contributed by atoms with Crippen molar-refractivity contribution in [2.75, 3.05) is 0 Å². The Kier molecular flexibility index (Phi) is 1.33. The fraction of sp³-hybridized carbons (Fsp3) is 0.167. The van der Waals surface area contributed by atoms with Crippen LogP contribution in [0.4, 0.5) is 0 Å². The third kappa shape index (κ3) is 1.03. The predicted molar refractivity (Wildman–Crippen MR) is 39.3 cm³/mol. The fourth-order valence-corrected chi connectivity index (χ4v) is 0.882. The van der Waals surface area contributed by atoms with Gasteiger partial charge in [0.15, 0.2) is 0 Å². The maximum absolute atomic E-state index is 10.6. The Morgan fingerprint density at radius 2 is 2.50 bits per heavy atom. The van der Waals surface area contributed by atoms with E-state index in [0.717, 1.165) is 0 Å². The fourth-order valence-electron chi connectivity index (χ4n) is 0.882. The van der Waals surface area contributed by atoms with E-state index in [4.69, 9.17) is 0 Å². The molecule has 6 nitrogen and oxygen atoms in total. The van der Waals surface area contributed by atoms with E-state index in [1.54, 1.807) is 24.0 Å². The lowest BCUT2D eigenvalue weighted by Crippen LogP contribution is -1.95. The maximum Gasteiger partial charge on any atom is 0.439 e. The van der Waals surface area contributed by atoms with Gasteiger partial charge in [-0.3, -0.25) is 14.2 Å². The van der Waals surface area contributed by atoms with Gasteiger partial charge in [0.05, 0.1) is 0 Å². The van der Waals surface area contributed by atoms with Gasteiger partial charge < -0.3 is 0 Å². The van der Waals surface area contributed by atoms with Crippen molar-refractivity contribution in [1.29, 1.82) is 0 Å². The molecule has 0 fully saturated rings. The van der Waals surface area contributed by atoms with Crippen LogP contribution in [0.3, 0.4) is 0 Å². The summed E-state index contributed by atoms with van der Waals surface area (Å²) in [5.74, 6) is -0.226. The average Bonchev–Trinajstić information content (AvgIpc) is 2.58. The lowest BCUT2D eigenvalue weighted by atomic mass is 10.4. The lowest BCUT2D eigenvalue weighted by molar-refractivity contribution is 0.387. The van der Waals surface area contributed by atoms with Gasteiger partial charge in [-0.25, -0.2) is 4.79 Å². The standard InChI is InChI=1S/C6H6N4O2/c1-10-3-2-4(8-10)5-7-6(11)12-9-5/h2-3H,1H3,(H,7,9,11). The van der Waals surface area contributed by atoms with Crippen LogP contribution in [0.15, 0.2) is 21.6 Å². The Morgan fingerprint density at radius 1 is 1.67 bits per heavy atom. The first-order chi connectivity index (χ1) is 5.75. The van der Waals surface area contributed by atoms with E-state index in [1.165, 1.54) is 0 Å². The SMILES string of the molecule is Cn1ccc(-c2noc(=O)[nH]2)n1. The van der Waals surface area contributed by atoms with Crippen LogP contribution in [0.5, 0.6) is 0 Å². The second-order valence-corrected chi connectivity index (χ2v) is 2.32. The molecule has 0 radical (unpaired) electrons. The largest absolute Gasteiger partial charge is 0.439 e. The van der Waals surface area contributed by atoms with E-state index in [9.17, 15) is 4.79 Å². The summed E-state index contributed by atoms with van der Waals surface area (Å²) in [6.45, 7) is 0. The number of hydrogen-bond donors (Lipinski definition) is 1. The molecule has 0 aliphatic rings. The highest BCUT2D eigenvalue weighted by atomic mass is 16.5. The number of nitrogens with one attached hydrogen (secondary N) is 1. The Morgan fingerprint density at radius 3 is 3.00 bits per heavy atom. The van der Waals surface area contributed by atoms with Crippen molar-refractivity contribution in [3.63, 3.8) is 0 Å². The average molecular weight is 166 g/mol. The number of nitrogens with zero attached hydrogens (tertiary/aromatic N) is 3. The van der Waals surface area contributed by atoms with Gasteiger partial charge >= 0.3 is 5.76 Å². The van der Waals surface area contributed by atoms with Crippen molar-refractivity contribution in [2.24, 2.45) is 7.05 Å². The first-order valence-electron chi connectivity index (χ1n) is 3.32. The third-order valence-corrected chi connectivity index (χ3v) is 1.40. The Labute approximate surface area is 66.8 Å². The molecule has 0 aromatic carbocycles. The van der Waals surface area contributed by atoms with Crippen molar-refractivity contribution >= 4 is 0 Å². The van der Waals surface area contributed by atoms with Gasteiger partial charge in [-0.15, -0.1) is 0 Å². The molecule has 2 rings (SSSR count). The first-order valence-corrected chi connectivity index (χ1v) is 3.32. The number of aromatic nitrogens is 4. The summed E-state index contributed by atoms with van der Waals surface area (Å²) in [6.07, 6.45) is 1.75. The molecule has 2 aromatic rings. The zero-order valence-electron chi connectivity index (χ0n) is 6.31. The normalized spacial score (nSPS) is 10.4. The molecule has 2 heterocycles. The molecule has 0 aliphatic heterocycles. The molecule has 62 valence electrons. The van der Waals surface area contributed by atoms with Gasteiger partial charge in [0, 0.05) is 13.2 Å². The molecule has 0 spiro atoms.